The van der Waals surface area contributed by atoms with E-state index in [9.17, 15) is 9.59 Å². The van der Waals surface area contributed by atoms with Gasteiger partial charge in [-0.15, -0.1) is 11.3 Å². The molecule has 1 N–H and O–H groups in total. The molecular formula is C17H18N4O2S. The number of hydrogen-bond donors (Lipinski definition) is 1. The number of nitrogens with zero attached hydrogens (tertiary/aromatic N) is 3. The summed E-state index contributed by atoms with van der Waals surface area (Å²) in [5, 5.41) is 3.86. The molecule has 0 radical (unpaired) electrons. The van der Waals surface area contributed by atoms with Gasteiger partial charge in [-0.2, -0.15) is 0 Å². The monoisotopic (exact) mass is 342 g/mol. The van der Waals surface area contributed by atoms with Gasteiger partial charge in [-0.25, -0.2) is 9.97 Å². The molecule has 124 valence electrons. The molecule has 2 aromatic heterocycles. The fourth-order valence-electron chi connectivity index (χ4n) is 2.41. The molecule has 7 heteroatoms. The van der Waals surface area contributed by atoms with Crippen molar-refractivity contribution in [3.63, 3.8) is 0 Å². The second-order valence-corrected chi connectivity index (χ2v) is 6.54. The predicted octanol–water partition coefficient (Wildman–Crippen LogP) is 1.77. The van der Waals surface area contributed by atoms with E-state index in [1.165, 1.54) is 15.6 Å². The molecule has 0 spiro atoms. The molecule has 0 unspecified atom stereocenters. The van der Waals surface area contributed by atoms with E-state index in [-0.39, 0.29) is 18.0 Å². The summed E-state index contributed by atoms with van der Waals surface area (Å²) < 4.78 is 1.44. The molecular weight excluding hydrogens is 324 g/mol. The number of para-hydroxylation sites is 2. The summed E-state index contributed by atoms with van der Waals surface area (Å²) in [7, 11) is 0. The van der Waals surface area contributed by atoms with E-state index in [1.807, 2.05) is 24.4 Å². The molecule has 0 saturated carbocycles. The van der Waals surface area contributed by atoms with E-state index >= 15 is 0 Å². The number of nitrogens with one attached hydrogen (secondary N) is 1. The lowest BCUT2D eigenvalue weighted by Gasteiger charge is -2.09. The molecule has 3 aromatic rings. The number of benzene rings is 1. The van der Waals surface area contributed by atoms with Crippen LogP contribution in [0.2, 0.25) is 0 Å². The van der Waals surface area contributed by atoms with Crippen molar-refractivity contribution in [3.05, 3.63) is 56.9 Å². The lowest BCUT2D eigenvalue weighted by atomic mass is 10.3. The highest BCUT2D eigenvalue weighted by molar-refractivity contribution is 7.11. The Morgan fingerprint density at radius 1 is 1.25 bits per heavy atom. The molecule has 0 aliphatic heterocycles. The van der Waals surface area contributed by atoms with Gasteiger partial charge in [-0.05, 0) is 18.6 Å². The van der Waals surface area contributed by atoms with Gasteiger partial charge >= 0.3 is 0 Å². The van der Waals surface area contributed by atoms with Crippen LogP contribution in [0.4, 0.5) is 0 Å². The van der Waals surface area contributed by atoms with Crippen molar-refractivity contribution in [3.8, 4) is 0 Å². The fraction of sp³-hybridized carbons (Fsp3) is 0.294. The van der Waals surface area contributed by atoms with Gasteiger partial charge in [0.05, 0.1) is 22.2 Å². The van der Waals surface area contributed by atoms with Crippen molar-refractivity contribution in [2.45, 2.75) is 26.3 Å². The van der Waals surface area contributed by atoms with Gasteiger partial charge in [-0.1, -0.05) is 19.1 Å². The zero-order valence-electron chi connectivity index (χ0n) is 13.4. The Bertz CT molecular complexity index is 916. The number of fused-ring (bicyclic) bond motifs is 1. The van der Waals surface area contributed by atoms with Gasteiger partial charge in [-0.3, -0.25) is 14.2 Å². The van der Waals surface area contributed by atoms with Crippen LogP contribution in [0.25, 0.3) is 11.0 Å². The normalized spacial score (nSPS) is 10.9. The summed E-state index contributed by atoms with van der Waals surface area (Å²) in [6.07, 6.45) is 4.80. The lowest BCUT2D eigenvalue weighted by molar-refractivity contribution is -0.121. The SMILES string of the molecule is CCc1cnc(CCNC(=O)Cn2c(=O)cnc3ccccc32)s1. The van der Waals surface area contributed by atoms with Gasteiger partial charge < -0.3 is 5.32 Å². The highest BCUT2D eigenvalue weighted by atomic mass is 32.1. The van der Waals surface area contributed by atoms with Crippen LogP contribution >= 0.6 is 11.3 Å². The first kappa shape index (κ1) is 16.3. The van der Waals surface area contributed by atoms with Crippen molar-refractivity contribution >= 4 is 28.3 Å². The average Bonchev–Trinajstić information content (AvgIpc) is 3.05. The van der Waals surface area contributed by atoms with Crippen LogP contribution in [0.5, 0.6) is 0 Å². The highest BCUT2D eigenvalue weighted by Crippen LogP contribution is 2.13. The number of carbonyl (C=O) groups is 1. The Morgan fingerprint density at radius 2 is 2.08 bits per heavy atom. The maximum atomic E-state index is 12.2. The Morgan fingerprint density at radius 3 is 2.88 bits per heavy atom. The summed E-state index contributed by atoms with van der Waals surface area (Å²) in [6.45, 7) is 2.59. The maximum Gasteiger partial charge on any atom is 0.269 e. The van der Waals surface area contributed by atoms with Crippen LogP contribution in [0, 0.1) is 0 Å². The maximum absolute atomic E-state index is 12.2. The smallest absolute Gasteiger partial charge is 0.269 e. The van der Waals surface area contributed by atoms with E-state index < -0.39 is 0 Å². The van der Waals surface area contributed by atoms with Crippen molar-refractivity contribution in [1.82, 2.24) is 19.9 Å². The Labute approximate surface area is 143 Å². The largest absolute Gasteiger partial charge is 0.354 e. The van der Waals surface area contributed by atoms with Crippen LogP contribution in [0.1, 0.15) is 16.8 Å². The second kappa shape index (κ2) is 7.35. The standard InChI is InChI=1S/C17H18N4O2S/c1-2-12-9-20-16(24-12)7-8-18-15(22)11-21-14-6-4-3-5-13(14)19-10-17(21)23/h3-6,9-10H,2,7-8,11H2,1H3,(H,18,22). The summed E-state index contributed by atoms with van der Waals surface area (Å²) in [5.74, 6) is -0.194. The first-order valence-electron chi connectivity index (χ1n) is 7.82. The molecule has 0 fully saturated rings. The molecule has 1 amide bonds. The minimum atomic E-state index is -0.281. The number of rotatable bonds is 6. The van der Waals surface area contributed by atoms with E-state index in [0.717, 1.165) is 11.4 Å². The van der Waals surface area contributed by atoms with Crippen molar-refractivity contribution in [2.24, 2.45) is 0 Å². The topological polar surface area (TPSA) is 76.9 Å². The van der Waals surface area contributed by atoms with E-state index in [0.29, 0.717) is 24.0 Å². The molecule has 24 heavy (non-hydrogen) atoms. The number of aryl methyl sites for hydroxylation is 1. The van der Waals surface area contributed by atoms with Crippen molar-refractivity contribution in [2.75, 3.05) is 6.54 Å². The van der Waals surface area contributed by atoms with Gasteiger partial charge in [0, 0.05) is 24.0 Å². The van der Waals surface area contributed by atoms with Crippen LogP contribution in [0.3, 0.4) is 0 Å². The van der Waals surface area contributed by atoms with E-state index in [2.05, 4.69) is 22.2 Å². The third kappa shape index (κ3) is 3.68. The van der Waals surface area contributed by atoms with Gasteiger partial charge in [0.25, 0.3) is 5.56 Å². The van der Waals surface area contributed by atoms with E-state index in [1.54, 1.807) is 17.4 Å². The van der Waals surface area contributed by atoms with Gasteiger partial charge in [0.2, 0.25) is 5.91 Å². The predicted molar refractivity (Wildman–Crippen MR) is 94.2 cm³/mol. The summed E-state index contributed by atoms with van der Waals surface area (Å²) >= 11 is 1.67. The molecule has 0 saturated heterocycles. The quantitative estimate of drug-likeness (QED) is 0.741. The van der Waals surface area contributed by atoms with Crippen molar-refractivity contribution in [1.29, 1.82) is 0 Å². The summed E-state index contributed by atoms with van der Waals surface area (Å²) in [5.41, 5.74) is 1.07. The first-order valence-corrected chi connectivity index (χ1v) is 8.64. The summed E-state index contributed by atoms with van der Waals surface area (Å²) in [6, 6.07) is 7.28. The molecule has 0 aliphatic rings. The van der Waals surface area contributed by atoms with Gasteiger partial charge in [0.15, 0.2) is 0 Å². The van der Waals surface area contributed by atoms with Crippen LogP contribution in [0.15, 0.2) is 41.5 Å². The minimum Gasteiger partial charge on any atom is -0.354 e. The Hall–Kier alpha value is -2.54. The third-order valence-corrected chi connectivity index (χ3v) is 4.87. The number of thiazole rings is 1. The molecule has 0 aliphatic carbocycles. The highest BCUT2D eigenvalue weighted by Gasteiger charge is 2.09. The fourth-order valence-corrected chi connectivity index (χ4v) is 3.28. The van der Waals surface area contributed by atoms with Crippen LogP contribution in [-0.2, 0) is 24.2 Å². The van der Waals surface area contributed by atoms with Crippen LogP contribution < -0.4 is 10.9 Å². The number of carbonyl (C=O) groups excluding carboxylic acids is 1. The average molecular weight is 342 g/mol. The zero-order chi connectivity index (χ0) is 16.9. The molecule has 1 aromatic carbocycles. The van der Waals surface area contributed by atoms with Crippen LogP contribution in [-0.4, -0.2) is 27.0 Å². The third-order valence-electron chi connectivity index (χ3n) is 3.67. The Balaban J connectivity index is 1.63. The minimum absolute atomic E-state index is 0.0139. The van der Waals surface area contributed by atoms with Crippen molar-refractivity contribution < 1.29 is 4.79 Å². The lowest BCUT2D eigenvalue weighted by Crippen LogP contribution is -2.33. The summed E-state index contributed by atoms with van der Waals surface area (Å²) in [4.78, 5) is 33.8. The molecule has 2 heterocycles. The first-order chi connectivity index (χ1) is 11.7. The van der Waals surface area contributed by atoms with E-state index in [4.69, 9.17) is 0 Å². The molecule has 3 rings (SSSR count). The number of hydrogen-bond acceptors (Lipinski definition) is 5. The Kier molecular flexibility index (Phi) is 5.00. The molecule has 0 atom stereocenters. The zero-order valence-corrected chi connectivity index (χ0v) is 14.2. The molecule has 6 nitrogen and oxygen atoms in total. The van der Waals surface area contributed by atoms with Gasteiger partial charge in [0.1, 0.15) is 6.54 Å². The molecule has 0 bridgehead atoms. The number of aromatic nitrogens is 3. The number of amides is 1. The second-order valence-electron chi connectivity index (χ2n) is 5.35.